The largest absolute Gasteiger partial charge is 0.511 e. The molecular formula is C24H34O2. The van der Waals surface area contributed by atoms with Gasteiger partial charge in [0.25, 0.3) is 0 Å². The van der Waals surface area contributed by atoms with Crippen LogP contribution in [0.2, 0.25) is 0 Å². The predicted molar refractivity (Wildman–Crippen MR) is 111 cm³/mol. The minimum Gasteiger partial charge on any atom is -0.511 e. The topological polar surface area (TPSA) is 40.5 Å². The number of hydrogen-bond donors (Lipinski definition) is 2. The Bertz CT molecular complexity index is 748. The highest BCUT2D eigenvalue weighted by molar-refractivity contribution is 5.61. The smallest absolute Gasteiger partial charge is 0.122 e. The maximum Gasteiger partial charge on any atom is 0.122 e. The van der Waals surface area contributed by atoms with Crippen molar-refractivity contribution in [3.8, 4) is 5.75 Å². The van der Waals surface area contributed by atoms with Gasteiger partial charge in [-0.2, -0.15) is 0 Å². The number of aliphatic hydroxyl groups is 1. The summed E-state index contributed by atoms with van der Waals surface area (Å²) in [5, 5.41) is 21.6. The molecule has 0 fully saturated rings. The highest BCUT2D eigenvalue weighted by Crippen LogP contribution is 2.60. The standard InChI is InChI=1S/C24H34O2/c1-21(2,3)24(22(4,5)6)16-15-23(7,8)18(20(24)26)14-13-17-11-9-10-12-19(17)25/h9-16,25-26H,1-8H3. The van der Waals surface area contributed by atoms with Gasteiger partial charge in [0.1, 0.15) is 11.5 Å². The minimum absolute atomic E-state index is 0.156. The van der Waals surface area contributed by atoms with E-state index in [2.05, 4.69) is 67.5 Å². The molecule has 0 bridgehead atoms. The molecule has 1 aromatic carbocycles. The zero-order valence-electron chi connectivity index (χ0n) is 17.5. The Morgan fingerprint density at radius 2 is 1.35 bits per heavy atom. The van der Waals surface area contributed by atoms with E-state index in [1.54, 1.807) is 12.1 Å². The van der Waals surface area contributed by atoms with Gasteiger partial charge in [-0.15, -0.1) is 0 Å². The molecule has 0 heterocycles. The first kappa shape index (κ1) is 20.4. The highest BCUT2D eigenvalue weighted by Gasteiger charge is 2.55. The van der Waals surface area contributed by atoms with Crippen LogP contribution in [0.5, 0.6) is 5.75 Å². The van der Waals surface area contributed by atoms with Crippen molar-refractivity contribution >= 4 is 6.08 Å². The number of rotatable bonds is 2. The summed E-state index contributed by atoms with van der Waals surface area (Å²) in [6, 6.07) is 7.25. The Kier molecular flexibility index (Phi) is 4.96. The van der Waals surface area contributed by atoms with Crippen molar-refractivity contribution in [2.75, 3.05) is 0 Å². The number of hydrogen-bond acceptors (Lipinski definition) is 2. The quantitative estimate of drug-likeness (QED) is 0.567. The molecule has 1 aromatic rings. The van der Waals surface area contributed by atoms with E-state index >= 15 is 0 Å². The van der Waals surface area contributed by atoms with E-state index < -0.39 is 5.41 Å². The van der Waals surface area contributed by atoms with Crippen LogP contribution >= 0.6 is 0 Å². The molecule has 2 heteroatoms. The van der Waals surface area contributed by atoms with E-state index in [0.717, 1.165) is 11.1 Å². The molecule has 0 amide bonds. The summed E-state index contributed by atoms with van der Waals surface area (Å²) < 4.78 is 0. The second kappa shape index (κ2) is 6.33. The van der Waals surface area contributed by atoms with Gasteiger partial charge in [0, 0.05) is 11.0 Å². The zero-order valence-corrected chi connectivity index (χ0v) is 17.5. The molecule has 1 aliphatic rings. The molecule has 142 valence electrons. The van der Waals surface area contributed by atoms with Gasteiger partial charge in [0.05, 0.1) is 5.41 Å². The van der Waals surface area contributed by atoms with Gasteiger partial charge in [0.2, 0.25) is 0 Å². The second-order valence-corrected chi connectivity index (χ2v) is 10.0. The normalized spacial score (nSPS) is 20.0. The number of phenolic OH excluding ortho intramolecular Hbond substituents is 1. The van der Waals surface area contributed by atoms with Gasteiger partial charge >= 0.3 is 0 Å². The highest BCUT2D eigenvalue weighted by atomic mass is 16.3. The number of phenols is 1. The van der Waals surface area contributed by atoms with Crippen molar-refractivity contribution in [2.24, 2.45) is 21.7 Å². The summed E-state index contributed by atoms with van der Waals surface area (Å²) in [7, 11) is 0. The van der Waals surface area contributed by atoms with E-state index in [0.29, 0.717) is 5.76 Å². The van der Waals surface area contributed by atoms with Crippen LogP contribution in [0, 0.1) is 21.7 Å². The van der Waals surface area contributed by atoms with E-state index in [-0.39, 0.29) is 22.0 Å². The van der Waals surface area contributed by atoms with Crippen molar-refractivity contribution in [3.05, 3.63) is 59.4 Å². The lowest BCUT2D eigenvalue weighted by Gasteiger charge is -2.54. The fraction of sp³-hybridized carbons (Fsp3) is 0.500. The fourth-order valence-corrected chi connectivity index (χ4v) is 4.45. The number of benzene rings is 1. The first-order chi connectivity index (χ1) is 11.7. The van der Waals surface area contributed by atoms with Crippen LogP contribution in [0.3, 0.4) is 0 Å². The van der Waals surface area contributed by atoms with Gasteiger partial charge in [-0.1, -0.05) is 97.9 Å². The van der Waals surface area contributed by atoms with Crippen molar-refractivity contribution in [2.45, 2.75) is 55.4 Å². The number of allylic oxidation sites excluding steroid dienone is 4. The molecular weight excluding hydrogens is 320 g/mol. The molecule has 0 aliphatic heterocycles. The molecule has 0 aromatic heterocycles. The van der Waals surface area contributed by atoms with Crippen molar-refractivity contribution in [1.29, 1.82) is 0 Å². The van der Waals surface area contributed by atoms with Crippen LogP contribution in [-0.2, 0) is 0 Å². The third-order valence-corrected chi connectivity index (χ3v) is 5.81. The molecule has 0 unspecified atom stereocenters. The SMILES string of the molecule is CC1(C)C=CC(C(C)(C)C)(C(C)(C)C)C(O)=C1C=Cc1ccccc1O. The molecule has 0 saturated carbocycles. The van der Waals surface area contributed by atoms with Crippen LogP contribution in [-0.4, -0.2) is 10.2 Å². The number of aliphatic hydroxyl groups excluding tert-OH is 1. The Morgan fingerprint density at radius 3 is 1.85 bits per heavy atom. The summed E-state index contributed by atoms with van der Waals surface area (Å²) in [5.74, 6) is 0.669. The first-order valence-corrected chi connectivity index (χ1v) is 9.35. The van der Waals surface area contributed by atoms with Gasteiger partial charge in [-0.3, -0.25) is 0 Å². The molecule has 0 spiro atoms. The molecule has 26 heavy (non-hydrogen) atoms. The third kappa shape index (κ3) is 3.22. The Morgan fingerprint density at radius 1 is 0.808 bits per heavy atom. The molecule has 2 rings (SSSR count). The van der Waals surface area contributed by atoms with Gasteiger partial charge in [-0.05, 0) is 22.5 Å². The Balaban J connectivity index is 2.69. The molecule has 2 nitrogen and oxygen atoms in total. The van der Waals surface area contributed by atoms with Gasteiger partial charge in [-0.25, -0.2) is 0 Å². The molecule has 0 atom stereocenters. The maximum atomic E-state index is 11.5. The average Bonchev–Trinajstić information content (AvgIpc) is 2.45. The summed E-state index contributed by atoms with van der Waals surface area (Å²) in [6.45, 7) is 17.3. The van der Waals surface area contributed by atoms with Crippen molar-refractivity contribution in [3.63, 3.8) is 0 Å². The van der Waals surface area contributed by atoms with Crippen LogP contribution < -0.4 is 0 Å². The van der Waals surface area contributed by atoms with E-state index in [1.165, 1.54) is 0 Å². The monoisotopic (exact) mass is 354 g/mol. The van der Waals surface area contributed by atoms with Crippen molar-refractivity contribution in [1.82, 2.24) is 0 Å². The second-order valence-electron chi connectivity index (χ2n) is 10.0. The first-order valence-electron chi connectivity index (χ1n) is 9.35. The fourth-order valence-electron chi connectivity index (χ4n) is 4.45. The van der Waals surface area contributed by atoms with Crippen LogP contribution in [0.15, 0.2) is 53.8 Å². The lowest BCUT2D eigenvalue weighted by Crippen LogP contribution is -2.49. The molecule has 0 radical (unpaired) electrons. The lowest BCUT2D eigenvalue weighted by molar-refractivity contribution is 0.00820. The molecule has 1 aliphatic carbocycles. The Hall–Kier alpha value is -1.96. The third-order valence-electron chi connectivity index (χ3n) is 5.81. The zero-order chi connectivity index (χ0) is 20.0. The summed E-state index contributed by atoms with van der Waals surface area (Å²) in [5.41, 5.74) is 0.564. The van der Waals surface area contributed by atoms with Gasteiger partial charge in [0.15, 0.2) is 0 Å². The lowest BCUT2D eigenvalue weighted by atomic mass is 9.50. The van der Waals surface area contributed by atoms with Crippen LogP contribution in [0.4, 0.5) is 0 Å². The summed E-state index contributed by atoms with van der Waals surface area (Å²) in [6.07, 6.45) is 8.27. The maximum absolute atomic E-state index is 11.5. The van der Waals surface area contributed by atoms with E-state index in [9.17, 15) is 10.2 Å². The minimum atomic E-state index is -0.478. The molecule has 0 saturated heterocycles. The van der Waals surface area contributed by atoms with Crippen LogP contribution in [0.1, 0.15) is 61.0 Å². The summed E-state index contributed by atoms with van der Waals surface area (Å²) in [4.78, 5) is 0. The van der Waals surface area contributed by atoms with Crippen molar-refractivity contribution < 1.29 is 10.2 Å². The summed E-state index contributed by atoms with van der Waals surface area (Å²) >= 11 is 0. The van der Waals surface area contributed by atoms with E-state index in [1.807, 2.05) is 24.3 Å². The van der Waals surface area contributed by atoms with E-state index in [4.69, 9.17) is 0 Å². The Labute approximate surface area is 159 Å². The van der Waals surface area contributed by atoms with Gasteiger partial charge < -0.3 is 10.2 Å². The predicted octanol–water partition coefficient (Wildman–Crippen LogP) is 6.89. The average molecular weight is 355 g/mol. The number of aromatic hydroxyl groups is 1. The number of para-hydroxylation sites is 1. The van der Waals surface area contributed by atoms with Crippen LogP contribution in [0.25, 0.3) is 6.08 Å². The molecule has 2 N–H and O–H groups in total.